The summed E-state index contributed by atoms with van der Waals surface area (Å²) in [5.41, 5.74) is 1.26. The number of para-hydroxylation sites is 2. The Morgan fingerprint density at radius 3 is 2.93 bits per heavy atom. The van der Waals surface area contributed by atoms with E-state index < -0.39 is 0 Å². The molecule has 0 radical (unpaired) electrons. The number of likely N-dealkylation sites (tertiary alicyclic amines) is 1. The molecule has 4 rings (SSSR count). The van der Waals surface area contributed by atoms with E-state index in [2.05, 4.69) is 5.10 Å². The largest absolute Gasteiger partial charge is 0.494 e. The molecule has 27 heavy (non-hydrogen) atoms. The number of methoxy groups -OCH3 is 1. The van der Waals surface area contributed by atoms with Gasteiger partial charge in [-0.15, -0.1) is 0 Å². The van der Waals surface area contributed by atoms with Crippen LogP contribution in [0, 0.1) is 0 Å². The maximum absolute atomic E-state index is 12.9. The smallest absolute Gasteiger partial charge is 0.257 e. The lowest BCUT2D eigenvalue weighted by Crippen LogP contribution is -2.43. The van der Waals surface area contributed by atoms with Crippen LogP contribution in [0.1, 0.15) is 16.8 Å². The summed E-state index contributed by atoms with van der Waals surface area (Å²) in [4.78, 5) is 28.4. The van der Waals surface area contributed by atoms with Gasteiger partial charge in [-0.1, -0.05) is 12.1 Å². The van der Waals surface area contributed by atoms with Gasteiger partial charge < -0.3 is 19.3 Å². The molecule has 0 spiro atoms. The first-order chi connectivity index (χ1) is 13.1. The number of carbonyl (C=O) groups is 2. The monoisotopic (exact) mass is 370 g/mol. The Kier molecular flexibility index (Phi) is 4.57. The zero-order chi connectivity index (χ0) is 19.0. The van der Waals surface area contributed by atoms with Gasteiger partial charge in [0.2, 0.25) is 5.91 Å². The van der Waals surface area contributed by atoms with Crippen molar-refractivity contribution in [2.75, 3.05) is 33.9 Å². The SMILES string of the molecule is COc1ccccc1-n1cc(C(=O)N2C[C@@H]3OCCC(=O)N(C)[C@H]3C2)cn1. The molecule has 0 unspecified atom stereocenters. The molecule has 8 heteroatoms. The number of nitrogens with zero attached hydrogens (tertiary/aromatic N) is 4. The van der Waals surface area contributed by atoms with Gasteiger partial charge in [-0.05, 0) is 12.1 Å². The summed E-state index contributed by atoms with van der Waals surface area (Å²) in [5, 5.41) is 4.31. The van der Waals surface area contributed by atoms with Gasteiger partial charge in [0.15, 0.2) is 0 Å². The Bertz CT molecular complexity index is 865. The van der Waals surface area contributed by atoms with Crippen LogP contribution in [-0.2, 0) is 9.53 Å². The number of benzene rings is 1. The van der Waals surface area contributed by atoms with E-state index in [0.717, 1.165) is 5.69 Å². The van der Waals surface area contributed by atoms with Gasteiger partial charge in [0.1, 0.15) is 11.4 Å². The Hall–Kier alpha value is -2.87. The molecule has 2 aromatic rings. The molecule has 2 atom stereocenters. The molecule has 2 aliphatic heterocycles. The maximum Gasteiger partial charge on any atom is 0.257 e. The fourth-order valence-corrected chi connectivity index (χ4v) is 3.68. The van der Waals surface area contributed by atoms with Crippen LogP contribution in [0.5, 0.6) is 5.75 Å². The number of likely N-dealkylation sites (N-methyl/N-ethyl adjacent to an activating group) is 1. The number of rotatable bonds is 3. The molecule has 8 nitrogen and oxygen atoms in total. The quantitative estimate of drug-likeness (QED) is 0.804. The molecule has 0 saturated carbocycles. The summed E-state index contributed by atoms with van der Waals surface area (Å²) in [5.74, 6) is 0.617. The number of carbonyl (C=O) groups excluding carboxylic acids is 2. The third kappa shape index (κ3) is 3.16. The summed E-state index contributed by atoms with van der Waals surface area (Å²) in [7, 11) is 3.38. The molecule has 142 valence electrons. The van der Waals surface area contributed by atoms with E-state index in [0.29, 0.717) is 37.4 Å². The predicted octanol–water partition coefficient (Wildman–Crippen LogP) is 0.953. The normalized spacial score (nSPS) is 22.5. The molecule has 3 heterocycles. The predicted molar refractivity (Wildman–Crippen MR) is 96.9 cm³/mol. The van der Waals surface area contributed by atoms with Crippen molar-refractivity contribution in [1.82, 2.24) is 19.6 Å². The van der Waals surface area contributed by atoms with Gasteiger partial charge in [-0.3, -0.25) is 9.59 Å². The third-order valence-corrected chi connectivity index (χ3v) is 5.22. The van der Waals surface area contributed by atoms with Crippen molar-refractivity contribution in [2.24, 2.45) is 0 Å². The lowest BCUT2D eigenvalue weighted by atomic mass is 10.2. The van der Waals surface area contributed by atoms with E-state index in [-0.39, 0.29) is 24.0 Å². The van der Waals surface area contributed by atoms with Gasteiger partial charge in [0, 0.05) is 26.3 Å². The second-order valence-electron chi connectivity index (χ2n) is 6.79. The lowest BCUT2D eigenvalue weighted by molar-refractivity contribution is -0.131. The van der Waals surface area contributed by atoms with Crippen LogP contribution in [0.4, 0.5) is 0 Å². The van der Waals surface area contributed by atoms with Crippen molar-refractivity contribution in [2.45, 2.75) is 18.6 Å². The number of hydrogen-bond donors (Lipinski definition) is 0. The van der Waals surface area contributed by atoms with Crippen molar-refractivity contribution >= 4 is 11.8 Å². The third-order valence-electron chi connectivity index (χ3n) is 5.22. The van der Waals surface area contributed by atoms with Gasteiger partial charge in [0.25, 0.3) is 5.91 Å². The number of fused-ring (bicyclic) bond motifs is 1. The topological polar surface area (TPSA) is 76.9 Å². The molecular formula is C19H22N4O4. The van der Waals surface area contributed by atoms with Gasteiger partial charge >= 0.3 is 0 Å². The van der Waals surface area contributed by atoms with Crippen LogP contribution < -0.4 is 4.74 Å². The molecule has 0 aliphatic carbocycles. The zero-order valence-corrected chi connectivity index (χ0v) is 15.4. The van der Waals surface area contributed by atoms with Crippen molar-refractivity contribution in [3.8, 4) is 11.4 Å². The molecule has 2 saturated heterocycles. The van der Waals surface area contributed by atoms with E-state index >= 15 is 0 Å². The molecule has 0 bridgehead atoms. The van der Waals surface area contributed by atoms with Crippen LogP contribution in [0.15, 0.2) is 36.7 Å². The van der Waals surface area contributed by atoms with Crippen LogP contribution in [0.2, 0.25) is 0 Å². The fourth-order valence-electron chi connectivity index (χ4n) is 3.68. The highest BCUT2D eigenvalue weighted by molar-refractivity contribution is 5.94. The Labute approximate surface area is 157 Å². The standard InChI is InChI=1S/C19H22N4O4/c1-21-15-11-22(12-17(15)27-8-7-18(21)24)19(25)13-9-20-23(10-13)14-5-3-4-6-16(14)26-2/h3-6,9-10,15,17H,7-8,11-12H2,1-2H3/t15-,17-/m0/s1. The van der Waals surface area contributed by atoms with E-state index in [1.54, 1.807) is 41.0 Å². The first kappa shape index (κ1) is 17.5. The summed E-state index contributed by atoms with van der Waals surface area (Å²) in [6.45, 7) is 1.34. The number of hydrogen-bond acceptors (Lipinski definition) is 5. The maximum atomic E-state index is 12.9. The second kappa shape index (κ2) is 7.03. The number of ether oxygens (including phenoxy) is 2. The highest BCUT2D eigenvalue weighted by Gasteiger charge is 2.41. The minimum Gasteiger partial charge on any atom is -0.494 e. The van der Waals surface area contributed by atoms with E-state index in [9.17, 15) is 9.59 Å². The molecule has 2 fully saturated rings. The van der Waals surface area contributed by atoms with Crippen LogP contribution >= 0.6 is 0 Å². The first-order valence-corrected chi connectivity index (χ1v) is 8.93. The van der Waals surface area contributed by atoms with Crippen LogP contribution in [-0.4, -0.2) is 77.4 Å². The Morgan fingerprint density at radius 2 is 2.11 bits per heavy atom. The van der Waals surface area contributed by atoms with Gasteiger partial charge in [-0.2, -0.15) is 5.10 Å². The summed E-state index contributed by atoms with van der Waals surface area (Å²) in [6, 6.07) is 7.39. The number of amides is 2. The molecule has 1 aromatic carbocycles. The van der Waals surface area contributed by atoms with Gasteiger partial charge in [0.05, 0.1) is 44.0 Å². The average molecular weight is 370 g/mol. The van der Waals surface area contributed by atoms with Gasteiger partial charge in [-0.25, -0.2) is 4.68 Å². The lowest BCUT2D eigenvalue weighted by Gasteiger charge is -2.24. The molecule has 0 N–H and O–H groups in total. The minimum absolute atomic E-state index is 0.0563. The molecule has 2 aliphatic rings. The highest BCUT2D eigenvalue weighted by Crippen LogP contribution is 2.25. The Balaban J connectivity index is 1.53. The molecular weight excluding hydrogens is 348 g/mol. The highest BCUT2D eigenvalue weighted by atomic mass is 16.5. The van der Waals surface area contributed by atoms with E-state index in [1.165, 1.54) is 0 Å². The van der Waals surface area contributed by atoms with Crippen molar-refractivity contribution < 1.29 is 19.1 Å². The van der Waals surface area contributed by atoms with Crippen molar-refractivity contribution in [1.29, 1.82) is 0 Å². The van der Waals surface area contributed by atoms with Crippen molar-refractivity contribution in [3.05, 3.63) is 42.2 Å². The fraction of sp³-hybridized carbons (Fsp3) is 0.421. The Morgan fingerprint density at radius 1 is 1.30 bits per heavy atom. The molecule has 1 aromatic heterocycles. The average Bonchev–Trinajstić information content (AvgIpc) is 3.32. The molecule has 2 amide bonds. The van der Waals surface area contributed by atoms with Crippen LogP contribution in [0.3, 0.4) is 0 Å². The first-order valence-electron chi connectivity index (χ1n) is 8.93. The summed E-state index contributed by atoms with van der Waals surface area (Å²) >= 11 is 0. The van der Waals surface area contributed by atoms with Crippen LogP contribution in [0.25, 0.3) is 5.69 Å². The van der Waals surface area contributed by atoms with E-state index in [1.807, 2.05) is 24.3 Å². The minimum atomic E-state index is -0.144. The summed E-state index contributed by atoms with van der Waals surface area (Å²) in [6.07, 6.45) is 3.50. The number of aromatic nitrogens is 2. The zero-order valence-electron chi connectivity index (χ0n) is 15.4. The second-order valence-corrected chi connectivity index (χ2v) is 6.79. The van der Waals surface area contributed by atoms with Crippen molar-refractivity contribution in [3.63, 3.8) is 0 Å². The summed E-state index contributed by atoms with van der Waals surface area (Å²) < 4.78 is 12.8. The van der Waals surface area contributed by atoms with E-state index in [4.69, 9.17) is 9.47 Å².